The number of nitrogens with zero attached hydrogens (tertiary/aromatic N) is 3. The maximum Gasteiger partial charge on any atom is 0.416 e. The van der Waals surface area contributed by atoms with Crippen molar-refractivity contribution in [2.75, 3.05) is 13.1 Å². The summed E-state index contributed by atoms with van der Waals surface area (Å²) in [6, 6.07) is 5.24. The first-order valence-electron chi connectivity index (χ1n) is 9.41. The summed E-state index contributed by atoms with van der Waals surface area (Å²) in [6.07, 6.45) is -0.717. The average molecular weight is 394 g/mol. The van der Waals surface area contributed by atoms with Gasteiger partial charge in [0.2, 0.25) is 17.6 Å². The van der Waals surface area contributed by atoms with Crippen LogP contribution >= 0.6 is 0 Å². The van der Waals surface area contributed by atoms with Crippen LogP contribution in [0.2, 0.25) is 0 Å². The van der Waals surface area contributed by atoms with Gasteiger partial charge in [-0.3, -0.25) is 9.69 Å². The molecule has 0 radical (unpaired) electrons. The van der Waals surface area contributed by atoms with Crippen LogP contribution in [0.4, 0.5) is 13.2 Å². The van der Waals surface area contributed by atoms with E-state index in [4.69, 9.17) is 4.52 Å². The summed E-state index contributed by atoms with van der Waals surface area (Å²) in [4.78, 5) is 18.5. The van der Waals surface area contributed by atoms with E-state index in [0.717, 1.165) is 50.9 Å². The van der Waals surface area contributed by atoms with Crippen LogP contribution in [-0.4, -0.2) is 40.1 Å². The van der Waals surface area contributed by atoms with Gasteiger partial charge < -0.3 is 9.84 Å². The Labute approximate surface area is 160 Å². The van der Waals surface area contributed by atoms with Gasteiger partial charge in [-0.25, -0.2) is 0 Å². The molecule has 1 amide bonds. The molecular weight excluding hydrogens is 373 g/mol. The van der Waals surface area contributed by atoms with Gasteiger partial charge >= 0.3 is 6.18 Å². The molecule has 0 unspecified atom stereocenters. The van der Waals surface area contributed by atoms with Gasteiger partial charge in [-0.1, -0.05) is 17.3 Å². The molecule has 1 saturated carbocycles. The van der Waals surface area contributed by atoms with Crippen LogP contribution in [0.3, 0.4) is 0 Å². The van der Waals surface area contributed by atoms with Gasteiger partial charge in [-0.2, -0.15) is 18.2 Å². The second kappa shape index (κ2) is 7.54. The number of carbonyl (C=O) groups excluding carboxylic acids is 1. The van der Waals surface area contributed by atoms with Crippen molar-refractivity contribution in [1.82, 2.24) is 20.4 Å². The highest BCUT2D eigenvalue weighted by Gasteiger charge is 2.32. The van der Waals surface area contributed by atoms with E-state index < -0.39 is 11.7 Å². The first-order valence-corrected chi connectivity index (χ1v) is 9.41. The van der Waals surface area contributed by atoms with Crippen LogP contribution in [0.5, 0.6) is 0 Å². The van der Waals surface area contributed by atoms with Crippen LogP contribution in [0.25, 0.3) is 11.4 Å². The quantitative estimate of drug-likeness (QED) is 0.843. The first kappa shape index (κ1) is 18.9. The molecule has 1 aliphatic carbocycles. The van der Waals surface area contributed by atoms with Gasteiger partial charge in [0.05, 0.1) is 12.1 Å². The van der Waals surface area contributed by atoms with E-state index in [9.17, 15) is 18.0 Å². The maximum atomic E-state index is 12.9. The lowest BCUT2D eigenvalue weighted by Crippen LogP contribution is -2.40. The minimum Gasteiger partial charge on any atom is -0.353 e. The molecular formula is C19H21F3N4O2. The number of piperidine rings is 1. The Morgan fingerprint density at radius 3 is 2.64 bits per heavy atom. The van der Waals surface area contributed by atoms with Crippen molar-refractivity contribution in [1.29, 1.82) is 0 Å². The Hall–Kier alpha value is -2.42. The highest BCUT2D eigenvalue weighted by Crippen LogP contribution is 2.31. The third kappa shape index (κ3) is 4.52. The number of nitrogens with one attached hydrogen (secondary N) is 1. The molecule has 150 valence electrons. The zero-order valence-corrected chi connectivity index (χ0v) is 15.2. The molecule has 2 fully saturated rings. The third-order valence-corrected chi connectivity index (χ3v) is 5.16. The highest BCUT2D eigenvalue weighted by atomic mass is 19.4. The number of hydrogen-bond donors (Lipinski definition) is 1. The van der Waals surface area contributed by atoms with Gasteiger partial charge in [0, 0.05) is 17.5 Å². The largest absolute Gasteiger partial charge is 0.416 e. The monoisotopic (exact) mass is 394 g/mol. The van der Waals surface area contributed by atoms with Crippen LogP contribution in [0.15, 0.2) is 28.8 Å². The topological polar surface area (TPSA) is 71.3 Å². The molecule has 9 heteroatoms. The molecule has 1 aliphatic heterocycles. The predicted octanol–water partition coefficient (Wildman–Crippen LogP) is 3.25. The van der Waals surface area contributed by atoms with Crippen LogP contribution in [0, 0.1) is 5.92 Å². The van der Waals surface area contributed by atoms with Crippen molar-refractivity contribution < 1.29 is 22.5 Å². The van der Waals surface area contributed by atoms with E-state index >= 15 is 0 Å². The number of alkyl halides is 3. The standard InChI is InChI=1S/C19H21F3N4O2/c20-19(21,22)14-3-1-2-13(10-14)17-24-16(28-25-17)11-26-8-6-12(7-9-26)18(27)23-15-4-5-15/h1-3,10,12,15H,4-9,11H2,(H,23,27). The highest BCUT2D eigenvalue weighted by molar-refractivity contribution is 5.79. The lowest BCUT2D eigenvalue weighted by molar-refractivity contribution is -0.137. The lowest BCUT2D eigenvalue weighted by Gasteiger charge is -2.30. The number of aromatic nitrogens is 2. The first-order chi connectivity index (χ1) is 13.4. The molecule has 0 atom stereocenters. The lowest BCUT2D eigenvalue weighted by atomic mass is 9.96. The summed E-state index contributed by atoms with van der Waals surface area (Å²) in [7, 11) is 0. The number of hydrogen-bond acceptors (Lipinski definition) is 5. The van der Waals surface area contributed by atoms with E-state index in [1.165, 1.54) is 12.1 Å². The van der Waals surface area contributed by atoms with Crippen molar-refractivity contribution in [3.8, 4) is 11.4 Å². The molecule has 2 aliphatic rings. The Bertz CT molecular complexity index is 840. The fourth-order valence-corrected chi connectivity index (χ4v) is 3.36. The van der Waals surface area contributed by atoms with Crippen LogP contribution < -0.4 is 5.32 Å². The smallest absolute Gasteiger partial charge is 0.353 e. The molecule has 6 nitrogen and oxygen atoms in total. The number of halogens is 3. The Morgan fingerprint density at radius 2 is 1.96 bits per heavy atom. The average Bonchev–Trinajstić information content (AvgIpc) is 3.36. The Morgan fingerprint density at radius 1 is 1.21 bits per heavy atom. The summed E-state index contributed by atoms with van der Waals surface area (Å²) >= 11 is 0. The predicted molar refractivity (Wildman–Crippen MR) is 93.9 cm³/mol. The fourth-order valence-electron chi connectivity index (χ4n) is 3.36. The molecule has 1 N–H and O–H groups in total. The number of rotatable bonds is 5. The zero-order valence-electron chi connectivity index (χ0n) is 15.2. The Kier molecular flexibility index (Phi) is 5.09. The summed E-state index contributed by atoms with van der Waals surface area (Å²) in [5, 5.41) is 6.86. The summed E-state index contributed by atoms with van der Waals surface area (Å²) < 4.78 is 43.8. The zero-order chi connectivity index (χ0) is 19.7. The molecule has 2 heterocycles. The molecule has 2 aromatic rings. The van der Waals surface area contributed by atoms with Crippen molar-refractivity contribution in [3.63, 3.8) is 0 Å². The third-order valence-electron chi connectivity index (χ3n) is 5.16. The van der Waals surface area contributed by atoms with Crippen molar-refractivity contribution in [2.24, 2.45) is 5.92 Å². The van der Waals surface area contributed by atoms with E-state index in [2.05, 4.69) is 20.4 Å². The number of carbonyl (C=O) groups is 1. The van der Waals surface area contributed by atoms with Crippen molar-refractivity contribution in [2.45, 2.75) is 44.4 Å². The van der Waals surface area contributed by atoms with Gasteiger partial charge in [-0.15, -0.1) is 0 Å². The summed E-state index contributed by atoms with van der Waals surface area (Å²) in [5.41, 5.74) is -0.483. The van der Waals surface area contributed by atoms with Crippen LogP contribution in [-0.2, 0) is 17.5 Å². The number of benzene rings is 1. The molecule has 0 spiro atoms. The number of likely N-dealkylation sites (tertiary alicyclic amines) is 1. The van der Waals surface area contributed by atoms with Crippen molar-refractivity contribution in [3.05, 3.63) is 35.7 Å². The summed E-state index contributed by atoms with van der Waals surface area (Å²) in [5.74, 6) is 0.681. The second-order valence-corrected chi connectivity index (χ2v) is 7.42. The maximum absolute atomic E-state index is 12.9. The second-order valence-electron chi connectivity index (χ2n) is 7.42. The van der Waals surface area contributed by atoms with E-state index in [1.54, 1.807) is 0 Å². The van der Waals surface area contributed by atoms with Crippen LogP contribution in [0.1, 0.15) is 37.1 Å². The molecule has 4 rings (SSSR count). The summed E-state index contributed by atoms with van der Waals surface area (Å²) in [6.45, 7) is 1.90. The van der Waals surface area contributed by atoms with Crippen molar-refractivity contribution >= 4 is 5.91 Å². The molecule has 1 saturated heterocycles. The number of amides is 1. The molecule has 1 aromatic heterocycles. The minimum atomic E-state index is -4.42. The SMILES string of the molecule is O=C(NC1CC1)C1CCN(Cc2nc(-c3cccc(C(F)(F)F)c3)no2)CC1. The fraction of sp³-hybridized carbons (Fsp3) is 0.526. The van der Waals surface area contributed by atoms with E-state index in [1.807, 2.05) is 0 Å². The normalized spacial score (nSPS) is 19.0. The van der Waals surface area contributed by atoms with Gasteiger partial charge in [-0.05, 0) is 50.9 Å². The molecule has 28 heavy (non-hydrogen) atoms. The molecule has 1 aromatic carbocycles. The van der Waals surface area contributed by atoms with Gasteiger partial charge in [0.1, 0.15) is 0 Å². The van der Waals surface area contributed by atoms with Gasteiger partial charge in [0.25, 0.3) is 0 Å². The van der Waals surface area contributed by atoms with E-state index in [-0.39, 0.29) is 23.2 Å². The minimum absolute atomic E-state index is 0.0419. The molecule has 0 bridgehead atoms. The van der Waals surface area contributed by atoms with Gasteiger partial charge in [0.15, 0.2) is 0 Å². The van der Waals surface area contributed by atoms with E-state index in [0.29, 0.717) is 18.5 Å². The Balaban J connectivity index is 1.33.